The fourth-order valence-corrected chi connectivity index (χ4v) is 3.44. The summed E-state index contributed by atoms with van der Waals surface area (Å²) >= 11 is 0. The first-order chi connectivity index (χ1) is 13.2. The van der Waals surface area contributed by atoms with Crippen molar-refractivity contribution in [1.29, 1.82) is 0 Å². The molecule has 27 heavy (non-hydrogen) atoms. The number of hydrogen-bond donors (Lipinski definition) is 0. The number of rotatable bonds is 5. The molecule has 2 aliphatic rings. The number of benzene rings is 2. The van der Waals surface area contributed by atoms with Crippen molar-refractivity contribution in [1.82, 2.24) is 0 Å². The van der Waals surface area contributed by atoms with E-state index >= 15 is 0 Å². The van der Waals surface area contributed by atoms with Gasteiger partial charge in [-0.3, -0.25) is 0 Å². The van der Waals surface area contributed by atoms with E-state index in [1.54, 1.807) is 21.3 Å². The summed E-state index contributed by atoms with van der Waals surface area (Å²) in [6.07, 6.45) is -0.333. The zero-order valence-electron chi connectivity index (χ0n) is 15.6. The fourth-order valence-electron chi connectivity index (χ4n) is 3.44. The molecule has 2 aliphatic heterocycles. The zero-order chi connectivity index (χ0) is 19.0. The molecule has 2 aromatic carbocycles. The van der Waals surface area contributed by atoms with Gasteiger partial charge in [-0.05, 0) is 35.9 Å². The van der Waals surface area contributed by atoms with Gasteiger partial charge >= 0.3 is 0 Å². The summed E-state index contributed by atoms with van der Waals surface area (Å²) < 4.78 is 27.4. The van der Waals surface area contributed by atoms with E-state index in [1.165, 1.54) is 0 Å². The summed E-state index contributed by atoms with van der Waals surface area (Å²) in [5.74, 6) is 3.01. The van der Waals surface area contributed by atoms with Gasteiger partial charge in [-0.25, -0.2) is 0 Å². The van der Waals surface area contributed by atoms with Gasteiger partial charge in [0.1, 0.15) is 5.75 Å². The molecule has 0 radical (unpaired) electrons. The minimum atomic E-state index is -0.333. The number of methoxy groups -OCH3 is 3. The van der Waals surface area contributed by atoms with Crippen LogP contribution in [0.3, 0.4) is 0 Å². The van der Waals surface area contributed by atoms with Crippen molar-refractivity contribution < 1.29 is 28.5 Å². The Kier molecular flexibility index (Phi) is 4.43. The summed E-state index contributed by atoms with van der Waals surface area (Å²) in [6.45, 7) is 2.19. The standard InChI is InChI=1S/C20H21NO6/c1-11-16(12-5-7-13(22-2)8-6-12)21-27-17(11)14-9-15(23-3)19-20(18(14)24-4)26-10-25-19/h5-9,11,17H,10H2,1-4H3/t11-,17+/m1/s1. The maximum atomic E-state index is 5.80. The average molecular weight is 371 g/mol. The first-order valence-electron chi connectivity index (χ1n) is 8.60. The van der Waals surface area contributed by atoms with E-state index in [1.807, 2.05) is 30.3 Å². The Labute approximate surface area is 157 Å². The molecule has 142 valence electrons. The highest BCUT2D eigenvalue weighted by Gasteiger charge is 2.38. The molecule has 0 aromatic heterocycles. The number of ether oxygens (including phenoxy) is 5. The summed E-state index contributed by atoms with van der Waals surface area (Å²) in [5.41, 5.74) is 2.65. The summed E-state index contributed by atoms with van der Waals surface area (Å²) in [4.78, 5) is 5.80. The second-order valence-electron chi connectivity index (χ2n) is 6.29. The molecular formula is C20H21NO6. The fraction of sp³-hybridized carbons (Fsp3) is 0.350. The van der Waals surface area contributed by atoms with Gasteiger partial charge in [-0.1, -0.05) is 12.1 Å². The van der Waals surface area contributed by atoms with E-state index < -0.39 is 0 Å². The minimum absolute atomic E-state index is 0.00243. The Morgan fingerprint density at radius 3 is 2.37 bits per heavy atom. The van der Waals surface area contributed by atoms with Crippen LogP contribution in [0.2, 0.25) is 0 Å². The molecule has 2 atom stereocenters. The van der Waals surface area contributed by atoms with Crippen LogP contribution in [-0.4, -0.2) is 33.8 Å². The molecule has 0 bridgehead atoms. The van der Waals surface area contributed by atoms with E-state index in [9.17, 15) is 0 Å². The van der Waals surface area contributed by atoms with Crippen molar-refractivity contribution >= 4 is 5.71 Å². The lowest BCUT2D eigenvalue weighted by Crippen LogP contribution is -2.15. The topological polar surface area (TPSA) is 67.7 Å². The third-order valence-electron chi connectivity index (χ3n) is 4.86. The molecule has 0 saturated heterocycles. The molecule has 0 fully saturated rings. The van der Waals surface area contributed by atoms with E-state index in [2.05, 4.69) is 12.1 Å². The van der Waals surface area contributed by atoms with Crippen molar-refractivity contribution in [3.63, 3.8) is 0 Å². The van der Waals surface area contributed by atoms with Crippen LogP contribution in [0, 0.1) is 5.92 Å². The van der Waals surface area contributed by atoms with Crippen LogP contribution in [0.5, 0.6) is 28.7 Å². The zero-order valence-corrected chi connectivity index (χ0v) is 15.6. The van der Waals surface area contributed by atoms with Gasteiger partial charge in [-0.2, -0.15) is 0 Å². The van der Waals surface area contributed by atoms with Crippen molar-refractivity contribution in [3.05, 3.63) is 41.5 Å². The first kappa shape index (κ1) is 17.3. The van der Waals surface area contributed by atoms with E-state index in [0.29, 0.717) is 23.0 Å². The second kappa shape index (κ2) is 6.90. The van der Waals surface area contributed by atoms with Gasteiger partial charge < -0.3 is 28.5 Å². The maximum absolute atomic E-state index is 5.80. The highest BCUT2D eigenvalue weighted by molar-refractivity contribution is 6.03. The van der Waals surface area contributed by atoms with E-state index in [-0.39, 0.29) is 18.8 Å². The monoisotopic (exact) mass is 371 g/mol. The molecular weight excluding hydrogens is 350 g/mol. The Morgan fingerprint density at radius 1 is 0.963 bits per heavy atom. The van der Waals surface area contributed by atoms with Crippen LogP contribution in [0.25, 0.3) is 0 Å². The van der Waals surface area contributed by atoms with Gasteiger partial charge in [0.25, 0.3) is 0 Å². The largest absolute Gasteiger partial charge is 0.497 e. The molecule has 0 saturated carbocycles. The molecule has 0 aliphatic carbocycles. The molecule has 0 amide bonds. The lowest BCUT2D eigenvalue weighted by molar-refractivity contribution is 0.0628. The Balaban J connectivity index is 1.69. The van der Waals surface area contributed by atoms with Crippen LogP contribution in [0.4, 0.5) is 0 Å². The molecule has 2 heterocycles. The lowest BCUT2D eigenvalue weighted by Gasteiger charge is -2.20. The van der Waals surface area contributed by atoms with Crippen molar-refractivity contribution in [2.75, 3.05) is 28.1 Å². The highest BCUT2D eigenvalue weighted by atomic mass is 16.7. The summed E-state index contributed by atoms with van der Waals surface area (Å²) in [5, 5.41) is 4.33. The number of fused-ring (bicyclic) bond motifs is 1. The average Bonchev–Trinajstić information content (AvgIpc) is 3.34. The Bertz CT molecular complexity index is 877. The van der Waals surface area contributed by atoms with Crippen molar-refractivity contribution in [3.8, 4) is 28.7 Å². The smallest absolute Gasteiger partial charge is 0.231 e. The number of nitrogens with zero attached hydrogens (tertiary/aromatic N) is 1. The number of oxime groups is 1. The van der Waals surface area contributed by atoms with Gasteiger partial charge in [0.2, 0.25) is 18.3 Å². The molecule has 7 nitrogen and oxygen atoms in total. The Morgan fingerprint density at radius 2 is 1.70 bits per heavy atom. The van der Waals surface area contributed by atoms with Crippen LogP contribution in [-0.2, 0) is 4.84 Å². The highest BCUT2D eigenvalue weighted by Crippen LogP contribution is 2.53. The summed E-state index contributed by atoms with van der Waals surface area (Å²) in [6, 6.07) is 9.61. The molecule has 0 spiro atoms. The van der Waals surface area contributed by atoms with Crippen molar-refractivity contribution in [2.24, 2.45) is 11.1 Å². The lowest BCUT2D eigenvalue weighted by atomic mass is 9.89. The first-order valence-corrected chi connectivity index (χ1v) is 8.60. The Hall–Kier alpha value is -3.09. The predicted octanol–water partition coefficient (Wildman–Crippen LogP) is 3.55. The van der Waals surface area contributed by atoms with Crippen LogP contribution >= 0.6 is 0 Å². The third-order valence-corrected chi connectivity index (χ3v) is 4.86. The molecule has 4 rings (SSSR count). The minimum Gasteiger partial charge on any atom is -0.497 e. The van der Waals surface area contributed by atoms with E-state index in [0.717, 1.165) is 22.6 Å². The van der Waals surface area contributed by atoms with Gasteiger partial charge in [0.15, 0.2) is 17.6 Å². The normalized spacial score (nSPS) is 20.1. The van der Waals surface area contributed by atoms with Crippen molar-refractivity contribution in [2.45, 2.75) is 13.0 Å². The summed E-state index contributed by atoms with van der Waals surface area (Å²) in [7, 11) is 4.83. The van der Waals surface area contributed by atoms with Gasteiger partial charge in [-0.15, -0.1) is 0 Å². The van der Waals surface area contributed by atoms with Crippen LogP contribution < -0.4 is 23.7 Å². The third kappa shape index (κ3) is 2.79. The van der Waals surface area contributed by atoms with Crippen LogP contribution in [0.15, 0.2) is 35.5 Å². The molecule has 0 unspecified atom stereocenters. The van der Waals surface area contributed by atoms with E-state index in [4.69, 9.17) is 28.5 Å². The van der Waals surface area contributed by atoms with Gasteiger partial charge in [0, 0.05) is 11.5 Å². The SMILES string of the molecule is COc1ccc(C2=NO[C@H](c3cc(OC)c4c(c3OC)OCO4)[C@@H]2C)cc1. The second-order valence-corrected chi connectivity index (χ2v) is 6.29. The molecule has 7 heteroatoms. The molecule has 0 N–H and O–H groups in total. The van der Waals surface area contributed by atoms with Crippen LogP contribution in [0.1, 0.15) is 24.2 Å². The van der Waals surface area contributed by atoms with Gasteiger partial charge in [0.05, 0.1) is 27.0 Å². The predicted molar refractivity (Wildman–Crippen MR) is 98.2 cm³/mol. The maximum Gasteiger partial charge on any atom is 0.231 e. The molecule has 2 aromatic rings. The quantitative estimate of drug-likeness (QED) is 0.801. The number of hydrogen-bond acceptors (Lipinski definition) is 7.